The molecule has 2 heterocycles. The number of aromatic nitrogens is 3. The van der Waals surface area contributed by atoms with Crippen LogP contribution >= 0.6 is 0 Å². The summed E-state index contributed by atoms with van der Waals surface area (Å²) in [5.41, 5.74) is 1.88. The molecular weight excluding hydrogens is 514 g/mol. The molecule has 0 atom stereocenters. The van der Waals surface area contributed by atoms with Crippen molar-refractivity contribution < 1.29 is 9.90 Å². The Labute approximate surface area is 243 Å². The van der Waals surface area contributed by atoms with Crippen LogP contribution in [0.2, 0.25) is 0 Å². The van der Waals surface area contributed by atoms with E-state index in [0.29, 0.717) is 41.8 Å². The van der Waals surface area contributed by atoms with Gasteiger partial charge in [-0.25, -0.2) is 9.97 Å². The van der Waals surface area contributed by atoms with Crippen molar-refractivity contribution in [3.63, 3.8) is 0 Å². The quantitative estimate of drug-likeness (QED) is 0.204. The summed E-state index contributed by atoms with van der Waals surface area (Å²) in [6.07, 6.45) is 8.01. The van der Waals surface area contributed by atoms with Crippen LogP contribution in [0.3, 0.4) is 0 Å². The number of benzene rings is 1. The van der Waals surface area contributed by atoms with Crippen LogP contribution in [-0.2, 0) is 5.60 Å². The molecule has 218 valence electrons. The molecule has 0 unspecified atom stereocenters. The molecule has 1 amide bonds. The Morgan fingerprint density at radius 2 is 1.76 bits per heavy atom. The summed E-state index contributed by atoms with van der Waals surface area (Å²) in [4.78, 5) is 28.9. The van der Waals surface area contributed by atoms with Crippen molar-refractivity contribution >= 4 is 29.2 Å². The SMILES string of the molecule is C=CCNC(=O)c1cnc(Nc2ccc(C3CCC(N(CC)CC)CC3)cc2)nc1Nc1cccc(C(C)(C)O)n1. The van der Waals surface area contributed by atoms with E-state index in [0.717, 1.165) is 18.8 Å². The lowest BCUT2D eigenvalue weighted by atomic mass is 9.81. The zero-order valence-electron chi connectivity index (χ0n) is 24.7. The van der Waals surface area contributed by atoms with E-state index in [4.69, 9.17) is 0 Å². The van der Waals surface area contributed by atoms with E-state index in [-0.39, 0.29) is 11.5 Å². The fourth-order valence-electron chi connectivity index (χ4n) is 5.41. The maximum Gasteiger partial charge on any atom is 0.256 e. The third kappa shape index (κ3) is 7.89. The van der Waals surface area contributed by atoms with Gasteiger partial charge in [0.2, 0.25) is 5.95 Å². The number of anilines is 4. The van der Waals surface area contributed by atoms with Crippen molar-refractivity contribution in [2.45, 2.75) is 70.9 Å². The van der Waals surface area contributed by atoms with E-state index < -0.39 is 5.60 Å². The summed E-state index contributed by atoms with van der Waals surface area (Å²) < 4.78 is 0. The Kier molecular flexibility index (Phi) is 10.1. The van der Waals surface area contributed by atoms with Crippen LogP contribution in [0, 0.1) is 0 Å². The molecule has 3 aromatic rings. The molecule has 1 aromatic carbocycles. The lowest BCUT2D eigenvalue weighted by Crippen LogP contribution is -2.37. The fraction of sp³-hybridized carbons (Fsp3) is 0.438. The molecule has 0 aliphatic heterocycles. The summed E-state index contributed by atoms with van der Waals surface area (Å²) in [6.45, 7) is 14.1. The minimum absolute atomic E-state index is 0.267. The van der Waals surface area contributed by atoms with E-state index in [1.165, 1.54) is 37.4 Å². The first-order valence-corrected chi connectivity index (χ1v) is 14.6. The molecule has 4 rings (SSSR count). The van der Waals surface area contributed by atoms with Gasteiger partial charge in [-0.2, -0.15) is 4.98 Å². The maximum absolute atomic E-state index is 12.8. The molecule has 2 aromatic heterocycles. The number of aliphatic hydroxyl groups is 1. The van der Waals surface area contributed by atoms with Crippen LogP contribution in [0.25, 0.3) is 0 Å². The van der Waals surface area contributed by atoms with E-state index in [1.807, 2.05) is 0 Å². The molecule has 41 heavy (non-hydrogen) atoms. The van der Waals surface area contributed by atoms with Crippen LogP contribution in [0.5, 0.6) is 0 Å². The Hall–Kier alpha value is -3.82. The van der Waals surface area contributed by atoms with Gasteiger partial charge >= 0.3 is 0 Å². The van der Waals surface area contributed by atoms with Gasteiger partial charge in [0, 0.05) is 24.5 Å². The predicted molar refractivity (Wildman–Crippen MR) is 165 cm³/mol. The molecule has 1 fully saturated rings. The van der Waals surface area contributed by atoms with Gasteiger partial charge in [-0.1, -0.05) is 38.1 Å². The van der Waals surface area contributed by atoms with E-state index in [1.54, 1.807) is 38.1 Å². The van der Waals surface area contributed by atoms with Gasteiger partial charge in [-0.05, 0) is 88.4 Å². The predicted octanol–water partition coefficient (Wildman–Crippen LogP) is 5.87. The smallest absolute Gasteiger partial charge is 0.256 e. The van der Waals surface area contributed by atoms with E-state index >= 15 is 0 Å². The van der Waals surface area contributed by atoms with Gasteiger partial charge < -0.3 is 26.0 Å². The number of pyridine rings is 1. The largest absolute Gasteiger partial charge is 0.384 e. The molecule has 0 spiro atoms. The van der Waals surface area contributed by atoms with Crippen molar-refractivity contribution in [3.8, 4) is 0 Å². The lowest BCUT2D eigenvalue weighted by Gasteiger charge is -2.36. The van der Waals surface area contributed by atoms with Gasteiger partial charge in [-0.15, -0.1) is 6.58 Å². The van der Waals surface area contributed by atoms with Crippen molar-refractivity contribution in [1.29, 1.82) is 0 Å². The first-order chi connectivity index (χ1) is 19.7. The molecule has 0 radical (unpaired) electrons. The molecule has 9 nitrogen and oxygen atoms in total. The van der Waals surface area contributed by atoms with Gasteiger partial charge in [0.1, 0.15) is 22.8 Å². The maximum atomic E-state index is 12.8. The van der Waals surface area contributed by atoms with Crippen LogP contribution < -0.4 is 16.0 Å². The number of carbonyl (C=O) groups excluding carboxylic acids is 1. The van der Waals surface area contributed by atoms with Crippen LogP contribution in [-0.4, -0.2) is 56.5 Å². The second-order valence-corrected chi connectivity index (χ2v) is 11.0. The Balaban J connectivity index is 1.49. The fourth-order valence-corrected chi connectivity index (χ4v) is 5.41. The highest BCUT2D eigenvalue weighted by Crippen LogP contribution is 2.35. The molecule has 4 N–H and O–H groups in total. The second-order valence-electron chi connectivity index (χ2n) is 11.0. The number of hydrogen-bond donors (Lipinski definition) is 4. The highest BCUT2D eigenvalue weighted by Gasteiger charge is 2.25. The average molecular weight is 558 g/mol. The molecular formula is C32H43N7O2. The summed E-state index contributed by atoms with van der Waals surface area (Å²) in [7, 11) is 0. The third-order valence-electron chi connectivity index (χ3n) is 7.73. The van der Waals surface area contributed by atoms with Gasteiger partial charge in [0.15, 0.2) is 0 Å². The van der Waals surface area contributed by atoms with E-state index in [2.05, 4.69) is 80.5 Å². The Morgan fingerprint density at radius 1 is 1.05 bits per heavy atom. The zero-order chi connectivity index (χ0) is 29.4. The molecule has 1 aliphatic carbocycles. The minimum atomic E-state index is -1.11. The van der Waals surface area contributed by atoms with Crippen molar-refractivity contribution in [2.75, 3.05) is 30.3 Å². The van der Waals surface area contributed by atoms with Crippen LogP contribution in [0.15, 0.2) is 61.3 Å². The molecule has 9 heteroatoms. The molecule has 0 saturated heterocycles. The summed E-state index contributed by atoms with van der Waals surface area (Å²) in [5.74, 6) is 1.35. The summed E-state index contributed by atoms with van der Waals surface area (Å²) >= 11 is 0. The average Bonchev–Trinajstić information content (AvgIpc) is 2.97. The highest BCUT2D eigenvalue weighted by molar-refractivity contribution is 5.99. The van der Waals surface area contributed by atoms with Gasteiger partial charge in [0.25, 0.3) is 5.91 Å². The first-order valence-electron chi connectivity index (χ1n) is 14.6. The number of nitrogens with one attached hydrogen (secondary N) is 3. The lowest BCUT2D eigenvalue weighted by molar-refractivity contribution is 0.0740. The molecule has 1 aliphatic rings. The molecule has 1 saturated carbocycles. The van der Waals surface area contributed by atoms with Crippen molar-refractivity contribution in [2.24, 2.45) is 0 Å². The van der Waals surface area contributed by atoms with Crippen LogP contribution in [0.1, 0.15) is 80.9 Å². The number of nitrogens with zero attached hydrogens (tertiary/aromatic N) is 4. The molecule has 0 bridgehead atoms. The first kappa shape index (κ1) is 30.1. The van der Waals surface area contributed by atoms with E-state index in [9.17, 15) is 9.90 Å². The number of carbonyl (C=O) groups is 1. The minimum Gasteiger partial charge on any atom is -0.384 e. The monoisotopic (exact) mass is 557 g/mol. The normalized spacial score (nSPS) is 17.2. The zero-order valence-corrected chi connectivity index (χ0v) is 24.7. The Bertz CT molecular complexity index is 1310. The summed E-state index contributed by atoms with van der Waals surface area (Å²) in [6, 6.07) is 14.5. The number of amides is 1. The second kappa shape index (κ2) is 13.7. The van der Waals surface area contributed by atoms with Crippen molar-refractivity contribution in [1.82, 2.24) is 25.2 Å². The van der Waals surface area contributed by atoms with Crippen molar-refractivity contribution in [3.05, 3.63) is 78.1 Å². The Morgan fingerprint density at radius 3 is 2.39 bits per heavy atom. The number of hydrogen-bond acceptors (Lipinski definition) is 8. The van der Waals surface area contributed by atoms with Gasteiger partial charge in [-0.3, -0.25) is 4.79 Å². The third-order valence-corrected chi connectivity index (χ3v) is 7.73. The highest BCUT2D eigenvalue weighted by atomic mass is 16.3. The standard InChI is InChI=1S/C32H43N7O2/c1-6-20-33-30(40)26-21-34-31(38-29(26)37-28-11-9-10-27(36-28)32(4,5)41)35-24-16-12-22(13-17-24)23-14-18-25(19-15-23)39(7-2)8-3/h6,9-13,16-17,21,23,25,41H,1,7-8,14-15,18-20H2,2-5H3,(H,33,40)(H2,34,35,36,37,38). The van der Waals surface area contributed by atoms with Crippen LogP contribution in [0.4, 0.5) is 23.3 Å². The topological polar surface area (TPSA) is 115 Å². The van der Waals surface area contributed by atoms with Gasteiger partial charge in [0.05, 0.1) is 5.69 Å². The summed E-state index contributed by atoms with van der Waals surface area (Å²) in [5, 5.41) is 19.6. The number of rotatable bonds is 12.